The standard InChI is InChI=1S/C29H36O8/c1-8-29(7,12-30)22-18(31)10-16-20(24(22)33)25(34)26-21(23(16)32)15-9-14(4)19(36-27(35)13(2)3)11-17(15)28(5,6)37-26/h8,10,13-15,17,19,30-31,33H,1,9,11-12H2,2-7H3/t14-,15+,17-,19-,29+/m1/s1. The Kier molecular flexibility index (Phi) is 6.56. The first-order chi connectivity index (χ1) is 17.2. The number of esters is 1. The molecule has 3 N–H and O–H groups in total. The molecule has 5 atom stereocenters. The molecule has 1 aromatic carbocycles. The predicted octanol–water partition coefficient (Wildman–Crippen LogP) is 4.21. The number of carbonyl (C=O) groups is 3. The molecule has 2 aliphatic carbocycles. The minimum atomic E-state index is -1.25. The summed E-state index contributed by atoms with van der Waals surface area (Å²) >= 11 is 0. The SMILES string of the molecule is C=C[C@@](C)(CO)c1c(O)cc2c(c1O)C(=O)C1=C(C2=O)[C@H]2C[C@@H](C)[C@H](OC(=O)C(C)C)C[C@H]2C(C)(C)O1. The van der Waals surface area contributed by atoms with Crippen molar-refractivity contribution in [2.75, 3.05) is 6.61 Å². The summed E-state index contributed by atoms with van der Waals surface area (Å²) in [7, 11) is 0. The Morgan fingerprint density at radius 3 is 2.49 bits per heavy atom. The van der Waals surface area contributed by atoms with E-state index in [0.717, 1.165) is 0 Å². The van der Waals surface area contributed by atoms with E-state index in [9.17, 15) is 29.7 Å². The van der Waals surface area contributed by atoms with E-state index in [1.54, 1.807) is 20.8 Å². The van der Waals surface area contributed by atoms with Gasteiger partial charge in [-0.3, -0.25) is 14.4 Å². The summed E-state index contributed by atoms with van der Waals surface area (Å²) in [5, 5.41) is 31.8. The molecule has 0 radical (unpaired) electrons. The number of phenolic OH excluding ortho intramolecular Hbond substituents is 2. The summed E-state index contributed by atoms with van der Waals surface area (Å²) in [4.78, 5) is 39.9. The number of ketones is 2. The highest BCUT2D eigenvalue weighted by Gasteiger charge is 2.55. The number of aliphatic hydroxyl groups is 1. The lowest BCUT2D eigenvalue weighted by Gasteiger charge is -2.51. The van der Waals surface area contributed by atoms with Gasteiger partial charge < -0.3 is 24.8 Å². The van der Waals surface area contributed by atoms with Gasteiger partial charge in [-0.2, -0.15) is 0 Å². The Morgan fingerprint density at radius 1 is 1.27 bits per heavy atom. The summed E-state index contributed by atoms with van der Waals surface area (Å²) in [6.07, 6.45) is 2.01. The smallest absolute Gasteiger partial charge is 0.308 e. The number of Topliss-reactive ketones (excluding diaryl/α,β-unsaturated/α-hetero) is 2. The zero-order chi connectivity index (χ0) is 27.6. The number of ether oxygens (including phenoxy) is 2. The minimum absolute atomic E-state index is 0.0575. The lowest BCUT2D eigenvalue weighted by molar-refractivity contribution is -0.164. The zero-order valence-corrected chi connectivity index (χ0v) is 22.3. The molecule has 0 spiro atoms. The highest BCUT2D eigenvalue weighted by Crippen LogP contribution is 2.54. The Hall–Kier alpha value is -3.13. The second kappa shape index (κ2) is 9.01. The number of allylic oxidation sites excluding steroid dienone is 2. The quantitative estimate of drug-likeness (QED) is 0.395. The van der Waals surface area contributed by atoms with Crippen LogP contribution in [0.2, 0.25) is 0 Å². The van der Waals surface area contributed by atoms with Crippen LogP contribution in [0.25, 0.3) is 0 Å². The predicted molar refractivity (Wildman–Crippen MR) is 135 cm³/mol. The van der Waals surface area contributed by atoms with Crippen molar-refractivity contribution in [3.63, 3.8) is 0 Å². The molecule has 1 heterocycles. The molecular formula is C29H36O8. The lowest BCUT2D eigenvalue weighted by Crippen LogP contribution is -2.53. The van der Waals surface area contributed by atoms with Crippen LogP contribution in [-0.2, 0) is 19.7 Å². The maximum Gasteiger partial charge on any atom is 0.308 e. The molecule has 0 bridgehead atoms. The van der Waals surface area contributed by atoms with Crippen molar-refractivity contribution in [2.45, 2.75) is 71.5 Å². The normalized spacial score (nSPS) is 28.0. The molecule has 0 aromatic heterocycles. The molecule has 37 heavy (non-hydrogen) atoms. The van der Waals surface area contributed by atoms with Crippen molar-refractivity contribution in [2.24, 2.45) is 23.7 Å². The number of carbonyl (C=O) groups excluding carboxylic acids is 3. The maximum absolute atomic E-state index is 13.9. The molecule has 1 fully saturated rings. The highest BCUT2D eigenvalue weighted by atomic mass is 16.5. The molecule has 0 unspecified atom stereocenters. The van der Waals surface area contributed by atoms with Crippen LogP contribution >= 0.6 is 0 Å². The van der Waals surface area contributed by atoms with Crippen molar-refractivity contribution in [3.05, 3.63) is 46.7 Å². The fraction of sp³-hybridized carbons (Fsp3) is 0.552. The number of benzene rings is 1. The molecule has 8 nitrogen and oxygen atoms in total. The van der Waals surface area contributed by atoms with Crippen molar-refractivity contribution in [3.8, 4) is 11.5 Å². The third-order valence-electron chi connectivity index (χ3n) is 8.40. The molecule has 1 saturated carbocycles. The number of fused-ring (bicyclic) bond motifs is 3. The minimum Gasteiger partial charge on any atom is -0.507 e. The van der Waals surface area contributed by atoms with Gasteiger partial charge in [-0.1, -0.05) is 26.8 Å². The third kappa shape index (κ3) is 4.06. The lowest BCUT2D eigenvalue weighted by atomic mass is 9.61. The van der Waals surface area contributed by atoms with Crippen molar-refractivity contribution < 1.29 is 39.2 Å². The van der Waals surface area contributed by atoms with Gasteiger partial charge in [0.1, 0.15) is 23.2 Å². The van der Waals surface area contributed by atoms with Crippen LogP contribution in [0, 0.1) is 23.7 Å². The third-order valence-corrected chi connectivity index (χ3v) is 8.40. The zero-order valence-electron chi connectivity index (χ0n) is 22.3. The number of phenols is 2. The summed E-state index contributed by atoms with van der Waals surface area (Å²) in [5.41, 5.74) is -2.30. The molecule has 3 aliphatic rings. The van der Waals surface area contributed by atoms with Crippen LogP contribution in [0.15, 0.2) is 30.1 Å². The van der Waals surface area contributed by atoms with Crippen LogP contribution in [0.4, 0.5) is 0 Å². The van der Waals surface area contributed by atoms with Gasteiger partial charge in [0.2, 0.25) is 5.78 Å². The summed E-state index contributed by atoms with van der Waals surface area (Å²) in [6, 6.07) is 1.18. The van der Waals surface area contributed by atoms with Gasteiger partial charge in [0, 0.05) is 28.0 Å². The van der Waals surface area contributed by atoms with E-state index in [1.165, 1.54) is 12.1 Å². The van der Waals surface area contributed by atoms with Crippen LogP contribution < -0.4 is 0 Å². The van der Waals surface area contributed by atoms with Gasteiger partial charge in [-0.25, -0.2) is 0 Å². The van der Waals surface area contributed by atoms with Gasteiger partial charge in [0.15, 0.2) is 11.5 Å². The van der Waals surface area contributed by atoms with Crippen LogP contribution in [0.1, 0.15) is 80.7 Å². The topological polar surface area (TPSA) is 130 Å². The molecular weight excluding hydrogens is 476 g/mol. The molecule has 0 saturated heterocycles. The van der Waals surface area contributed by atoms with E-state index in [1.807, 2.05) is 20.8 Å². The summed E-state index contributed by atoms with van der Waals surface area (Å²) in [6.45, 7) is 14.0. The molecule has 4 rings (SSSR count). The summed E-state index contributed by atoms with van der Waals surface area (Å²) in [5.74, 6) is -3.33. The van der Waals surface area contributed by atoms with E-state index in [-0.39, 0.29) is 63.8 Å². The highest BCUT2D eigenvalue weighted by molar-refractivity contribution is 6.28. The van der Waals surface area contributed by atoms with Gasteiger partial charge in [-0.05, 0) is 51.5 Å². The van der Waals surface area contributed by atoms with Gasteiger partial charge in [-0.15, -0.1) is 6.58 Å². The molecule has 1 aliphatic heterocycles. The van der Waals surface area contributed by atoms with E-state index in [0.29, 0.717) is 12.8 Å². The fourth-order valence-electron chi connectivity index (χ4n) is 6.03. The first-order valence-electron chi connectivity index (χ1n) is 12.7. The Balaban J connectivity index is 1.81. The van der Waals surface area contributed by atoms with Gasteiger partial charge in [0.25, 0.3) is 0 Å². The molecule has 200 valence electrons. The first-order valence-corrected chi connectivity index (χ1v) is 12.7. The van der Waals surface area contributed by atoms with Crippen LogP contribution in [0.3, 0.4) is 0 Å². The number of hydrogen-bond donors (Lipinski definition) is 3. The van der Waals surface area contributed by atoms with Gasteiger partial charge in [0.05, 0.1) is 18.1 Å². The second-order valence-electron chi connectivity index (χ2n) is 11.7. The van der Waals surface area contributed by atoms with E-state index >= 15 is 0 Å². The van der Waals surface area contributed by atoms with E-state index < -0.39 is 40.7 Å². The van der Waals surface area contributed by atoms with Crippen molar-refractivity contribution in [1.82, 2.24) is 0 Å². The number of hydrogen-bond acceptors (Lipinski definition) is 8. The molecule has 8 heteroatoms. The number of rotatable bonds is 5. The Morgan fingerprint density at radius 2 is 1.92 bits per heavy atom. The van der Waals surface area contributed by atoms with Crippen LogP contribution in [0.5, 0.6) is 11.5 Å². The largest absolute Gasteiger partial charge is 0.507 e. The average Bonchev–Trinajstić information content (AvgIpc) is 2.82. The van der Waals surface area contributed by atoms with Crippen molar-refractivity contribution >= 4 is 17.5 Å². The molecule has 1 aromatic rings. The van der Waals surface area contributed by atoms with E-state index in [4.69, 9.17) is 9.47 Å². The second-order valence-corrected chi connectivity index (χ2v) is 11.7. The maximum atomic E-state index is 13.9. The van der Waals surface area contributed by atoms with Gasteiger partial charge >= 0.3 is 5.97 Å². The molecule has 0 amide bonds. The Bertz CT molecular complexity index is 1220. The Labute approximate surface area is 217 Å². The van der Waals surface area contributed by atoms with Crippen LogP contribution in [-0.4, -0.2) is 51.2 Å². The number of aliphatic hydroxyl groups excluding tert-OH is 1. The fourth-order valence-corrected chi connectivity index (χ4v) is 6.03. The first kappa shape index (κ1) is 26.9. The average molecular weight is 513 g/mol. The monoisotopic (exact) mass is 512 g/mol. The summed E-state index contributed by atoms with van der Waals surface area (Å²) < 4.78 is 12.0. The number of aromatic hydroxyl groups is 2. The van der Waals surface area contributed by atoms with E-state index in [2.05, 4.69) is 6.58 Å². The van der Waals surface area contributed by atoms with Crippen molar-refractivity contribution in [1.29, 1.82) is 0 Å².